The van der Waals surface area contributed by atoms with E-state index in [2.05, 4.69) is 10.2 Å². The van der Waals surface area contributed by atoms with Gasteiger partial charge in [0.05, 0.1) is 0 Å². The molecule has 42 valence electrons. The monoisotopic (exact) mass is 116 g/mol. The van der Waals surface area contributed by atoms with Gasteiger partial charge in [-0.25, -0.2) is 4.39 Å². The summed E-state index contributed by atoms with van der Waals surface area (Å²) < 4.78 is 11.8. The zero-order chi connectivity index (χ0) is 6.15. The van der Waals surface area contributed by atoms with Crippen molar-refractivity contribution in [2.75, 3.05) is 0 Å². The first-order chi connectivity index (χ1) is 3.72. The number of carbonyl (C=O) groups excluding carboxylic acids is 2. The largest absolute Gasteiger partial charge is 0.308 e. The number of halogens is 1. The first-order valence-corrected chi connectivity index (χ1v) is 1.85. The molecule has 8 heavy (non-hydrogen) atoms. The van der Waals surface area contributed by atoms with E-state index in [0.717, 1.165) is 0 Å². The molecule has 1 rings (SSSR count). The number of amides is 2. The summed E-state index contributed by atoms with van der Waals surface area (Å²) in [7, 11) is 0. The first kappa shape index (κ1) is 5.02. The molecule has 0 atom stereocenters. The molecule has 0 N–H and O–H groups in total. The highest BCUT2D eigenvalue weighted by atomic mass is 19.1. The third kappa shape index (κ3) is 0.518. The highest BCUT2D eigenvalue weighted by molar-refractivity contribution is 6.07. The minimum absolute atomic E-state index is 1.10. The Morgan fingerprint density at radius 2 is 1.62 bits per heavy atom. The molecular weight excluding hydrogens is 115 g/mol. The number of carbonyl (C=O) groups is 2. The number of alkyl halides is 1. The van der Waals surface area contributed by atoms with E-state index < -0.39 is 18.0 Å². The van der Waals surface area contributed by atoms with E-state index in [1.165, 1.54) is 0 Å². The van der Waals surface area contributed by atoms with Crippen LogP contribution in [0.25, 0.3) is 0 Å². The molecule has 0 radical (unpaired) electrons. The normalized spacial score (nSPS) is 20.6. The second kappa shape index (κ2) is 1.43. The van der Waals surface area contributed by atoms with Gasteiger partial charge in [0.2, 0.25) is 0 Å². The summed E-state index contributed by atoms with van der Waals surface area (Å²) in [5, 5.41) is 5.32. The summed E-state index contributed by atoms with van der Waals surface area (Å²) in [5.41, 5.74) is 0. The van der Waals surface area contributed by atoms with Gasteiger partial charge in [0.1, 0.15) is 0 Å². The van der Waals surface area contributed by atoms with E-state index in [9.17, 15) is 14.0 Å². The van der Waals surface area contributed by atoms with Crippen LogP contribution in [0, 0.1) is 0 Å². The SMILES string of the molecule is O=C1N=NC(=O)C1F. The lowest BCUT2D eigenvalue weighted by atomic mass is 10.4. The average Bonchev–Trinajstić information content (AvgIpc) is 1.98. The maximum absolute atomic E-state index is 11.8. The summed E-state index contributed by atoms with van der Waals surface area (Å²) in [4.78, 5) is 19.9. The number of azo groups is 1. The van der Waals surface area contributed by atoms with Gasteiger partial charge in [0, 0.05) is 0 Å². The lowest BCUT2D eigenvalue weighted by Gasteiger charge is -1.81. The van der Waals surface area contributed by atoms with Crippen molar-refractivity contribution < 1.29 is 14.0 Å². The maximum Gasteiger partial charge on any atom is 0.308 e. The van der Waals surface area contributed by atoms with Crippen molar-refractivity contribution in [3.05, 3.63) is 0 Å². The van der Waals surface area contributed by atoms with E-state index in [-0.39, 0.29) is 0 Å². The van der Waals surface area contributed by atoms with Crippen LogP contribution in [-0.4, -0.2) is 18.0 Å². The third-order valence-electron chi connectivity index (χ3n) is 0.681. The van der Waals surface area contributed by atoms with Crippen molar-refractivity contribution in [3.8, 4) is 0 Å². The van der Waals surface area contributed by atoms with Crippen molar-refractivity contribution in [1.82, 2.24) is 0 Å². The summed E-state index contributed by atoms with van der Waals surface area (Å²) in [6.07, 6.45) is -2.13. The topological polar surface area (TPSA) is 58.9 Å². The summed E-state index contributed by atoms with van der Waals surface area (Å²) in [6.45, 7) is 0. The molecular formula is C3HFN2O2. The second-order valence-electron chi connectivity index (χ2n) is 1.24. The number of hydrogen-bond acceptors (Lipinski definition) is 2. The predicted octanol–water partition coefficient (Wildman–Crippen LogP) is -0.156. The highest BCUT2D eigenvalue weighted by Gasteiger charge is 2.31. The van der Waals surface area contributed by atoms with Gasteiger partial charge in [-0.05, 0) is 0 Å². The van der Waals surface area contributed by atoms with Crippen LogP contribution in [0.2, 0.25) is 0 Å². The zero-order valence-electron chi connectivity index (χ0n) is 3.67. The lowest BCUT2D eigenvalue weighted by molar-refractivity contribution is -0.129. The van der Waals surface area contributed by atoms with Crippen LogP contribution in [0.15, 0.2) is 10.2 Å². The zero-order valence-corrected chi connectivity index (χ0v) is 3.67. The van der Waals surface area contributed by atoms with Gasteiger partial charge in [-0.1, -0.05) is 0 Å². The van der Waals surface area contributed by atoms with Gasteiger partial charge < -0.3 is 0 Å². The van der Waals surface area contributed by atoms with Gasteiger partial charge in [-0.15, -0.1) is 10.2 Å². The fourth-order valence-electron chi connectivity index (χ4n) is 0.306. The van der Waals surface area contributed by atoms with Crippen LogP contribution >= 0.6 is 0 Å². The van der Waals surface area contributed by atoms with E-state index in [0.29, 0.717) is 0 Å². The predicted molar refractivity (Wildman–Crippen MR) is 19.8 cm³/mol. The van der Waals surface area contributed by atoms with Gasteiger partial charge in [0.25, 0.3) is 6.17 Å². The van der Waals surface area contributed by atoms with Crippen molar-refractivity contribution >= 4 is 11.8 Å². The Morgan fingerprint density at radius 3 is 1.75 bits per heavy atom. The molecule has 0 unspecified atom stereocenters. The number of hydrogen-bond donors (Lipinski definition) is 0. The van der Waals surface area contributed by atoms with E-state index in [1.807, 2.05) is 0 Å². The molecule has 0 aromatic heterocycles. The van der Waals surface area contributed by atoms with Crippen molar-refractivity contribution in [2.24, 2.45) is 10.2 Å². The van der Waals surface area contributed by atoms with E-state index >= 15 is 0 Å². The Balaban J connectivity index is 2.84. The molecule has 1 heterocycles. The van der Waals surface area contributed by atoms with Gasteiger partial charge in [0.15, 0.2) is 0 Å². The van der Waals surface area contributed by atoms with Crippen LogP contribution in [0.1, 0.15) is 0 Å². The van der Waals surface area contributed by atoms with Crippen LogP contribution in [0.4, 0.5) is 4.39 Å². The first-order valence-electron chi connectivity index (χ1n) is 1.85. The van der Waals surface area contributed by atoms with Crippen LogP contribution in [0.5, 0.6) is 0 Å². The quantitative estimate of drug-likeness (QED) is 0.413. The molecule has 0 saturated carbocycles. The molecule has 0 aromatic carbocycles. The molecule has 0 spiro atoms. The van der Waals surface area contributed by atoms with E-state index in [1.54, 1.807) is 0 Å². The Morgan fingerprint density at radius 1 is 1.25 bits per heavy atom. The lowest BCUT2D eigenvalue weighted by Crippen LogP contribution is -2.15. The second-order valence-corrected chi connectivity index (χ2v) is 1.24. The van der Waals surface area contributed by atoms with Gasteiger partial charge in [-0.2, -0.15) is 0 Å². The molecule has 0 bridgehead atoms. The maximum atomic E-state index is 11.8. The highest BCUT2D eigenvalue weighted by Crippen LogP contribution is 2.05. The molecule has 0 aliphatic carbocycles. The third-order valence-corrected chi connectivity index (χ3v) is 0.681. The smallest absolute Gasteiger partial charge is 0.267 e. The number of nitrogens with zero attached hydrogens (tertiary/aromatic N) is 2. The standard InChI is InChI=1S/C3HFN2O2/c4-1-2(7)5-6-3(1)8/h1H. The van der Waals surface area contributed by atoms with Crippen molar-refractivity contribution in [2.45, 2.75) is 6.17 Å². The average molecular weight is 116 g/mol. The van der Waals surface area contributed by atoms with Crippen LogP contribution in [0.3, 0.4) is 0 Å². The molecule has 1 aliphatic rings. The molecule has 0 saturated heterocycles. The molecule has 2 amide bonds. The molecule has 0 aromatic rings. The minimum Gasteiger partial charge on any atom is -0.267 e. The summed E-state index contributed by atoms with van der Waals surface area (Å²) in [6, 6.07) is 0. The Hall–Kier alpha value is -1.13. The Bertz CT molecular complexity index is 158. The summed E-state index contributed by atoms with van der Waals surface area (Å²) >= 11 is 0. The fraction of sp³-hybridized carbons (Fsp3) is 0.333. The number of rotatable bonds is 0. The van der Waals surface area contributed by atoms with Gasteiger partial charge in [-0.3, -0.25) is 9.59 Å². The van der Waals surface area contributed by atoms with Crippen molar-refractivity contribution in [1.29, 1.82) is 0 Å². The Kier molecular flexibility index (Phi) is 0.896. The fourth-order valence-corrected chi connectivity index (χ4v) is 0.306. The Labute approximate surface area is 43.4 Å². The molecule has 5 heteroatoms. The van der Waals surface area contributed by atoms with Gasteiger partial charge >= 0.3 is 11.8 Å². The van der Waals surface area contributed by atoms with Crippen molar-refractivity contribution in [3.63, 3.8) is 0 Å². The van der Waals surface area contributed by atoms with E-state index in [4.69, 9.17) is 0 Å². The molecule has 1 aliphatic heterocycles. The minimum atomic E-state index is -2.13. The van der Waals surface area contributed by atoms with Crippen LogP contribution < -0.4 is 0 Å². The van der Waals surface area contributed by atoms with Crippen LogP contribution in [-0.2, 0) is 9.59 Å². The molecule has 0 fully saturated rings. The molecule has 4 nitrogen and oxygen atoms in total. The summed E-state index contributed by atoms with van der Waals surface area (Å²) in [5.74, 6) is -2.20.